The second-order valence-electron chi connectivity index (χ2n) is 10.3. The summed E-state index contributed by atoms with van der Waals surface area (Å²) in [5, 5.41) is 2.30. The monoisotopic (exact) mass is 572 g/mol. The summed E-state index contributed by atoms with van der Waals surface area (Å²) in [6, 6.07) is 1.29. The number of pyridine rings is 1. The van der Waals surface area contributed by atoms with E-state index in [1.54, 1.807) is 20.8 Å². The normalized spacial score (nSPS) is 20.1. The molecule has 2 aromatic rings. The number of methoxy groups -OCH3 is 1. The van der Waals surface area contributed by atoms with E-state index in [0.717, 1.165) is 18.3 Å². The van der Waals surface area contributed by atoms with Gasteiger partial charge in [0.25, 0.3) is 5.91 Å². The number of benzene rings is 1. The Hall–Kier alpha value is -3.68. The van der Waals surface area contributed by atoms with Gasteiger partial charge in [-0.3, -0.25) is 9.69 Å². The number of morpholine rings is 1. The van der Waals surface area contributed by atoms with Crippen molar-refractivity contribution >= 4 is 23.5 Å². The molecule has 0 bridgehead atoms. The second kappa shape index (κ2) is 11.1. The Morgan fingerprint density at radius 1 is 1.12 bits per heavy atom. The highest BCUT2D eigenvalue weighted by Crippen LogP contribution is 2.45. The lowest BCUT2D eigenvalue weighted by Crippen LogP contribution is -2.46. The molecule has 2 amide bonds. The van der Waals surface area contributed by atoms with Gasteiger partial charge in [0.05, 0.1) is 26.0 Å². The molecule has 2 aliphatic heterocycles. The predicted molar refractivity (Wildman–Crippen MR) is 133 cm³/mol. The molecule has 0 saturated carbocycles. The van der Waals surface area contributed by atoms with Crippen LogP contribution < -0.4 is 19.9 Å². The fraction of sp³-hybridized carbons (Fsp3) is 0.500. The van der Waals surface area contributed by atoms with E-state index >= 15 is 8.78 Å². The summed E-state index contributed by atoms with van der Waals surface area (Å²) in [6.07, 6.45) is -4.90. The smallest absolute Gasteiger partial charge is 0.421 e. The molecule has 0 radical (unpaired) electrons. The third-order valence-corrected chi connectivity index (χ3v) is 6.44. The van der Waals surface area contributed by atoms with Crippen LogP contribution in [0.3, 0.4) is 0 Å². The quantitative estimate of drug-likeness (QED) is 0.536. The fourth-order valence-corrected chi connectivity index (χ4v) is 4.80. The summed E-state index contributed by atoms with van der Waals surface area (Å²) in [4.78, 5) is 32.3. The molecule has 2 saturated heterocycles. The van der Waals surface area contributed by atoms with E-state index in [-0.39, 0.29) is 37.7 Å². The standard InChI is InChI=1S/C26H29F5N4O5/c1-25(2,3)40-24(37)33-21-15(19-16(27)11-14(38-4)12-17(19)28)13-35(23(21)36)22-20(26(29,30)31)18(5-6-32-22)34-7-9-39-10-8-34/h5-6,11-12,15,21H,7-10,13H2,1-4H3,(H,33,37)/t15-,21-/m0/s1. The number of alkyl halides is 3. The van der Waals surface area contributed by atoms with Crippen LogP contribution in [0, 0.1) is 11.6 Å². The van der Waals surface area contributed by atoms with E-state index in [9.17, 15) is 22.8 Å². The summed E-state index contributed by atoms with van der Waals surface area (Å²) in [7, 11) is 1.20. The number of carbonyl (C=O) groups is 2. The largest absolute Gasteiger partial charge is 0.497 e. The van der Waals surface area contributed by atoms with Gasteiger partial charge in [-0.2, -0.15) is 13.2 Å². The Kier molecular flexibility index (Phi) is 8.11. The molecule has 0 unspecified atom stereocenters. The average molecular weight is 573 g/mol. The van der Waals surface area contributed by atoms with Gasteiger partial charge in [0.15, 0.2) is 0 Å². The Labute approximate surface area is 227 Å². The van der Waals surface area contributed by atoms with E-state index in [2.05, 4.69) is 10.3 Å². The van der Waals surface area contributed by atoms with Gasteiger partial charge in [-0.25, -0.2) is 18.6 Å². The molecule has 218 valence electrons. The van der Waals surface area contributed by atoms with Crippen LogP contribution in [0.25, 0.3) is 0 Å². The maximum atomic E-state index is 15.2. The summed E-state index contributed by atoms with van der Waals surface area (Å²) in [5.74, 6) is -5.55. The molecule has 2 fully saturated rings. The van der Waals surface area contributed by atoms with Gasteiger partial charge in [-0.1, -0.05) is 0 Å². The molecular weight excluding hydrogens is 543 g/mol. The first-order valence-corrected chi connectivity index (χ1v) is 12.4. The number of hydrogen-bond acceptors (Lipinski definition) is 7. The topological polar surface area (TPSA) is 93.2 Å². The van der Waals surface area contributed by atoms with E-state index in [4.69, 9.17) is 14.2 Å². The van der Waals surface area contributed by atoms with Gasteiger partial charge in [0.1, 0.15) is 40.4 Å². The number of anilines is 2. The number of carbonyl (C=O) groups excluding carboxylic acids is 2. The van der Waals surface area contributed by atoms with Crippen molar-refractivity contribution < 1.29 is 45.8 Å². The molecule has 0 spiro atoms. The second-order valence-corrected chi connectivity index (χ2v) is 10.3. The predicted octanol–water partition coefficient (Wildman–Crippen LogP) is 4.25. The lowest BCUT2D eigenvalue weighted by molar-refractivity contribution is -0.137. The van der Waals surface area contributed by atoms with E-state index in [0.29, 0.717) is 4.90 Å². The van der Waals surface area contributed by atoms with Gasteiger partial charge >= 0.3 is 12.3 Å². The van der Waals surface area contributed by atoms with Crippen molar-refractivity contribution in [2.45, 2.75) is 44.5 Å². The molecule has 2 atom stereocenters. The SMILES string of the molecule is COc1cc(F)c([C@@H]2CN(c3nccc(N4CCOCC4)c3C(F)(F)F)C(=O)[C@H]2NC(=O)OC(C)(C)C)c(F)c1. The Morgan fingerprint density at radius 3 is 2.30 bits per heavy atom. The lowest BCUT2D eigenvalue weighted by atomic mass is 9.93. The molecule has 9 nitrogen and oxygen atoms in total. The van der Waals surface area contributed by atoms with Crippen molar-refractivity contribution in [2.24, 2.45) is 0 Å². The Morgan fingerprint density at radius 2 is 1.75 bits per heavy atom. The first-order chi connectivity index (χ1) is 18.7. The molecular formula is C26H29F5N4O5. The van der Waals surface area contributed by atoms with Crippen LogP contribution in [0.1, 0.15) is 37.8 Å². The molecule has 4 rings (SSSR count). The number of alkyl carbamates (subject to hydrolysis) is 1. The van der Waals surface area contributed by atoms with E-state index in [1.165, 1.54) is 18.1 Å². The number of nitrogens with one attached hydrogen (secondary N) is 1. The highest BCUT2D eigenvalue weighted by Gasteiger charge is 2.49. The molecule has 1 aromatic heterocycles. The van der Waals surface area contributed by atoms with Gasteiger partial charge in [-0.15, -0.1) is 0 Å². The first kappa shape index (κ1) is 29.3. The summed E-state index contributed by atoms with van der Waals surface area (Å²) >= 11 is 0. The average Bonchev–Trinajstić information content (AvgIpc) is 3.17. The zero-order valence-corrected chi connectivity index (χ0v) is 22.3. The Bertz CT molecular complexity index is 1250. The molecule has 1 N–H and O–H groups in total. The lowest BCUT2D eigenvalue weighted by Gasteiger charge is -2.32. The third kappa shape index (κ3) is 6.06. The minimum absolute atomic E-state index is 0.143. The number of aromatic nitrogens is 1. The van der Waals surface area contributed by atoms with Crippen LogP contribution >= 0.6 is 0 Å². The maximum absolute atomic E-state index is 15.2. The van der Waals surface area contributed by atoms with Crippen LogP contribution in [0.4, 0.5) is 38.3 Å². The van der Waals surface area contributed by atoms with Crippen molar-refractivity contribution in [3.63, 3.8) is 0 Å². The minimum Gasteiger partial charge on any atom is -0.497 e. The van der Waals surface area contributed by atoms with E-state index in [1.807, 2.05) is 0 Å². The van der Waals surface area contributed by atoms with E-state index < -0.39 is 70.9 Å². The Balaban J connectivity index is 1.82. The van der Waals surface area contributed by atoms with Gasteiger partial charge < -0.3 is 24.4 Å². The molecule has 14 heteroatoms. The van der Waals surface area contributed by atoms with Crippen LogP contribution in [-0.2, 0) is 20.4 Å². The minimum atomic E-state index is -4.94. The van der Waals surface area contributed by atoms with Crippen molar-refractivity contribution in [1.82, 2.24) is 10.3 Å². The number of hydrogen-bond donors (Lipinski definition) is 1. The summed E-state index contributed by atoms with van der Waals surface area (Å²) in [5.41, 5.74) is -2.99. The van der Waals surface area contributed by atoms with Gasteiger partial charge in [-0.05, 0) is 26.8 Å². The van der Waals surface area contributed by atoms with Crippen LogP contribution in [-0.4, -0.2) is 68.6 Å². The zero-order chi connectivity index (χ0) is 29.4. The van der Waals surface area contributed by atoms with Crippen LogP contribution in [0.2, 0.25) is 0 Å². The van der Waals surface area contributed by atoms with Crippen LogP contribution in [0.15, 0.2) is 24.4 Å². The third-order valence-electron chi connectivity index (χ3n) is 6.44. The number of nitrogens with zero attached hydrogens (tertiary/aromatic N) is 3. The van der Waals surface area contributed by atoms with Crippen molar-refractivity contribution in [3.05, 3.63) is 47.2 Å². The maximum Gasteiger partial charge on any atom is 0.421 e. The number of ether oxygens (including phenoxy) is 3. The number of rotatable bonds is 5. The number of halogens is 5. The highest BCUT2D eigenvalue weighted by atomic mass is 19.4. The van der Waals surface area contributed by atoms with Crippen molar-refractivity contribution in [1.29, 1.82) is 0 Å². The molecule has 40 heavy (non-hydrogen) atoms. The number of amides is 2. The van der Waals surface area contributed by atoms with Gasteiger partial charge in [0, 0.05) is 49.4 Å². The fourth-order valence-electron chi connectivity index (χ4n) is 4.80. The highest BCUT2D eigenvalue weighted by molar-refractivity contribution is 6.02. The summed E-state index contributed by atoms with van der Waals surface area (Å²) < 4.78 is 89.2. The zero-order valence-electron chi connectivity index (χ0n) is 22.3. The van der Waals surface area contributed by atoms with Crippen molar-refractivity contribution in [2.75, 3.05) is 49.8 Å². The van der Waals surface area contributed by atoms with Crippen LogP contribution in [0.5, 0.6) is 5.75 Å². The molecule has 2 aliphatic rings. The van der Waals surface area contributed by atoms with Crippen molar-refractivity contribution in [3.8, 4) is 5.75 Å². The molecule has 0 aliphatic carbocycles. The van der Waals surface area contributed by atoms with Gasteiger partial charge in [0.2, 0.25) is 0 Å². The molecule has 3 heterocycles. The summed E-state index contributed by atoms with van der Waals surface area (Å²) in [6.45, 7) is 4.84. The molecule has 1 aromatic carbocycles. The first-order valence-electron chi connectivity index (χ1n) is 12.4.